The van der Waals surface area contributed by atoms with Gasteiger partial charge < -0.3 is 9.84 Å². The normalized spacial score (nSPS) is 12.1. The Morgan fingerprint density at radius 1 is 1.35 bits per heavy atom. The van der Waals surface area contributed by atoms with Gasteiger partial charge in [0.25, 0.3) is 0 Å². The number of nitrogens with one attached hydrogen (secondary N) is 1. The second-order valence-corrected chi connectivity index (χ2v) is 6.59. The lowest BCUT2D eigenvalue weighted by atomic mass is 10.1. The first-order valence-corrected chi connectivity index (χ1v) is 8.38. The van der Waals surface area contributed by atoms with Gasteiger partial charge in [0, 0.05) is 16.0 Å². The van der Waals surface area contributed by atoms with Crippen LogP contribution < -0.4 is 5.32 Å². The fourth-order valence-electron chi connectivity index (χ4n) is 2.31. The summed E-state index contributed by atoms with van der Waals surface area (Å²) in [6, 6.07) is 13.0. The molecule has 2 aromatic heterocycles. The van der Waals surface area contributed by atoms with E-state index in [1.165, 1.54) is 0 Å². The molecule has 23 heavy (non-hydrogen) atoms. The SMILES string of the molecule is Cc1cc(CC(=O)NC(c2ccc(Cl)cc2)c2cccs2)no1. The van der Waals surface area contributed by atoms with E-state index in [4.69, 9.17) is 16.1 Å². The summed E-state index contributed by atoms with van der Waals surface area (Å²) in [7, 11) is 0. The van der Waals surface area contributed by atoms with Crippen LogP contribution in [0.4, 0.5) is 0 Å². The Bertz CT molecular complexity index is 781. The molecule has 4 nitrogen and oxygen atoms in total. The second-order valence-electron chi connectivity index (χ2n) is 5.17. The maximum atomic E-state index is 12.4. The van der Waals surface area contributed by atoms with Crippen LogP contribution in [0.2, 0.25) is 5.02 Å². The van der Waals surface area contributed by atoms with Gasteiger partial charge in [0.2, 0.25) is 5.91 Å². The van der Waals surface area contributed by atoms with Crippen molar-refractivity contribution in [1.29, 1.82) is 0 Å². The van der Waals surface area contributed by atoms with Crippen LogP contribution in [0.25, 0.3) is 0 Å². The number of hydrogen-bond acceptors (Lipinski definition) is 4. The molecule has 0 aliphatic carbocycles. The van der Waals surface area contributed by atoms with Crippen molar-refractivity contribution in [3.8, 4) is 0 Å². The van der Waals surface area contributed by atoms with Crippen LogP contribution in [0.3, 0.4) is 0 Å². The third kappa shape index (κ3) is 4.00. The number of thiophene rings is 1. The Labute approximate surface area is 143 Å². The Morgan fingerprint density at radius 3 is 2.74 bits per heavy atom. The van der Waals surface area contributed by atoms with E-state index in [1.807, 2.05) is 41.8 Å². The summed E-state index contributed by atoms with van der Waals surface area (Å²) in [5.41, 5.74) is 1.61. The van der Waals surface area contributed by atoms with Gasteiger partial charge >= 0.3 is 0 Å². The molecular weight excluding hydrogens is 332 g/mol. The molecule has 118 valence electrons. The van der Waals surface area contributed by atoms with Crippen molar-refractivity contribution in [2.24, 2.45) is 0 Å². The van der Waals surface area contributed by atoms with Gasteiger partial charge in [-0.1, -0.05) is 35.0 Å². The minimum atomic E-state index is -0.201. The van der Waals surface area contributed by atoms with Crippen molar-refractivity contribution >= 4 is 28.8 Å². The summed E-state index contributed by atoms with van der Waals surface area (Å²) >= 11 is 7.55. The molecule has 0 bridgehead atoms. The molecule has 6 heteroatoms. The van der Waals surface area contributed by atoms with Gasteiger partial charge in [-0.2, -0.15) is 0 Å². The van der Waals surface area contributed by atoms with Crippen LogP contribution in [0.15, 0.2) is 52.4 Å². The first kappa shape index (κ1) is 15.8. The zero-order valence-electron chi connectivity index (χ0n) is 12.5. The zero-order valence-corrected chi connectivity index (χ0v) is 14.0. The van der Waals surface area contributed by atoms with Crippen molar-refractivity contribution in [3.05, 3.63) is 74.8 Å². The molecule has 1 unspecified atom stereocenters. The highest BCUT2D eigenvalue weighted by molar-refractivity contribution is 7.10. The molecule has 0 spiro atoms. The Kier molecular flexibility index (Phi) is 4.79. The molecule has 0 radical (unpaired) electrons. The standard InChI is InChI=1S/C17H15ClN2O2S/c1-11-9-14(20-22-11)10-16(21)19-17(15-3-2-8-23-15)12-4-6-13(18)7-5-12/h2-9,17H,10H2,1H3,(H,19,21). The largest absolute Gasteiger partial charge is 0.361 e. The van der Waals surface area contributed by atoms with Gasteiger partial charge in [0.05, 0.1) is 18.2 Å². The molecule has 1 aromatic carbocycles. The first-order valence-electron chi connectivity index (χ1n) is 7.12. The topological polar surface area (TPSA) is 55.1 Å². The van der Waals surface area contributed by atoms with Gasteiger partial charge in [0.15, 0.2) is 0 Å². The maximum absolute atomic E-state index is 12.4. The highest BCUT2D eigenvalue weighted by atomic mass is 35.5. The maximum Gasteiger partial charge on any atom is 0.226 e. The van der Waals surface area contributed by atoms with Crippen molar-refractivity contribution in [2.45, 2.75) is 19.4 Å². The molecule has 1 atom stereocenters. The van der Waals surface area contributed by atoms with Crippen LogP contribution in [-0.2, 0) is 11.2 Å². The number of halogens is 1. The molecular formula is C17H15ClN2O2S. The summed E-state index contributed by atoms with van der Waals surface area (Å²) in [5, 5.41) is 9.58. The van der Waals surface area contributed by atoms with Crippen molar-refractivity contribution in [1.82, 2.24) is 10.5 Å². The minimum absolute atomic E-state index is 0.105. The average molecular weight is 347 g/mol. The molecule has 3 aromatic rings. The molecule has 2 heterocycles. The number of nitrogens with zero attached hydrogens (tertiary/aromatic N) is 1. The fraction of sp³-hybridized carbons (Fsp3) is 0.176. The monoisotopic (exact) mass is 346 g/mol. The van der Waals surface area contributed by atoms with Crippen molar-refractivity contribution in [2.75, 3.05) is 0 Å². The number of carbonyl (C=O) groups is 1. The van der Waals surface area contributed by atoms with Crippen molar-refractivity contribution in [3.63, 3.8) is 0 Å². The average Bonchev–Trinajstić information content (AvgIpc) is 3.18. The van der Waals surface area contributed by atoms with Crippen LogP contribution in [0.1, 0.15) is 27.9 Å². The van der Waals surface area contributed by atoms with E-state index in [0.29, 0.717) is 16.5 Å². The smallest absolute Gasteiger partial charge is 0.226 e. The summed E-state index contributed by atoms with van der Waals surface area (Å²) in [5.74, 6) is 0.590. The molecule has 3 rings (SSSR count). The lowest BCUT2D eigenvalue weighted by Gasteiger charge is -2.18. The number of rotatable bonds is 5. The number of aromatic nitrogens is 1. The Morgan fingerprint density at radius 2 is 2.13 bits per heavy atom. The lowest BCUT2D eigenvalue weighted by molar-refractivity contribution is -0.121. The van der Waals surface area contributed by atoms with Gasteiger partial charge in [-0.3, -0.25) is 4.79 Å². The van der Waals surface area contributed by atoms with Crippen LogP contribution in [-0.4, -0.2) is 11.1 Å². The van der Waals surface area contributed by atoms with Gasteiger partial charge in [-0.15, -0.1) is 11.3 Å². The molecule has 0 aliphatic rings. The molecule has 0 fully saturated rings. The second kappa shape index (κ2) is 6.98. The molecule has 0 aliphatic heterocycles. The van der Waals surface area contributed by atoms with E-state index in [1.54, 1.807) is 24.3 Å². The lowest BCUT2D eigenvalue weighted by Crippen LogP contribution is -2.30. The van der Waals surface area contributed by atoms with Gasteiger partial charge in [0.1, 0.15) is 5.76 Å². The molecule has 0 saturated heterocycles. The van der Waals surface area contributed by atoms with Crippen molar-refractivity contribution < 1.29 is 9.32 Å². The van der Waals surface area contributed by atoms with Gasteiger partial charge in [-0.05, 0) is 36.1 Å². The number of amides is 1. The molecule has 0 saturated carbocycles. The van der Waals surface area contributed by atoms with E-state index >= 15 is 0 Å². The van der Waals surface area contributed by atoms with E-state index in [0.717, 1.165) is 10.4 Å². The third-order valence-electron chi connectivity index (χ3n) is 3.35. The van der Waals surface area contributed by atoms with Crippen LogP contribution in [0, 0.1) is 6.92 Å². The quantitative estimate of drug-likeness (QED) is 0.755. The highest BCUT2D eigenvalue weighted by Gasteiger charge is 2.18. The zero-order chi connectivity index (χ0) is 16.2. The summed E-state index contributed by atoms with van der Waals surface area (Å²) in [4.78, 5) is 13.4. The van der Waals surface area contributed by atoms with E-state index in [-0.39, 0.29) is 18.4 Å². The van der Waals surface area contributed by atoms with Crippen LogP contribution >= 0.6 is 22.9 Å². The van der Waals surface area contributed by atoms with Gasteiger partial charge in [-0.25, -0.2) is 0 Å². The predicted octanol–water partition coefficient (Wildman–Crippen LogP) is 4.15. The Hall–Kier alpha value is -2.11. The summed E-state index contributed by atoms with van der Waals surface area (Å²) < 4.78 is 5.00. The molecule has 1 amide bonds. The highest BCUT2D eigenvalue weighted by Crippen LogP contribution is 2.27. The number of aryl methyl sites for hydroxylation is 1. The number of benzene rings is 1. The fourth-order valence-corrected chi connectivity index (χ4v) is 3.24. The predicted molar refractivity (Wildman–Crippen MR) is 90.7 cm³/mol. The summed E-state index contributed by atoms with van der Waals surface area (Å²) in [6.07, 6.45) is 0.187. The van der Waals surface area contributed by atoms with E-state index in [9.17, 15) is 4.79 Å². The molecule has 1 N–H and O–H groups in total. The number of carbonyl (C=O) groups excluding carboxylic acids is 1. The van der Waals surface area contributed by atoms with Crippen LogP contribution in [0.5, 0.6) is 0 Å². The number of hydrogen-bond donors (Lipinski definition) is 1. The van der Waals surface area contributed by atoms with E-state index in [2.05, 4.69) is 10.5 Å². The van der Waals surface area contributed by atoms with E-state index < -0.39 is 0 Å². The third-order valence-corrected chi connectivity index (χ3v) is 4.54. The minimum Gasteiger partial charge on any atom is -0.361 e. The first-order chi connectivity index (χ1) is 11.1. The Balaban J connectivity index is 1.78. The summed E-state index contributed by atoms with van der Waals surface area (Å²) in [6.45, 7) is 1.80.